The van der Waals surface area contributed by atoms with Gasteiger partial charge in [0.05, 0.1) is 21.1 Å². The molecule has 0 fully saturated rings. The maximum absolute atomic E-state index is 12.0. The molecule has 0 atom stereocenters. The second-order valence-electron chi connectivity index (χ2n) is 3.65. The number of carbonyl (C=O) groups excluding carboxylic acids is 1. The van der Waals surface area contributed by atoms with Gasteiger partial charge in [0.2, 0.25) is 0 Å². The minimum atomic E-state index is -0.554. The second kappa shape index (κ2) is 5.81. The highest BCUT2D eigenvalue weighted by Gasteiger charge is 2.16. The van der Waals surface area contributed by atoms with E-state index in [0.29, 0.717) is 15.7 Å². The van der Waals surface area contributed by atoms with Crippen LogP contribution in [0.15, 0.2) is 34.8 Å². The van der Waals surface area contributed by atoms with Crippen LogP contribution in [0.5, 0.6) is 0 Å². The topological polar surface area (TPSA) is 96.0 Å². The van der Waals surface area contributed by atoms with Crippen LogP contribution < -0.4 is 5.32 Å². The lowest BCUT2D eigenvalue weighted by molar-refractivity contribution is -0.380. The normalized spacial score (nSPS) is 9.80. The molecule has 1 amide bonds. The van der Waals surface area contributed by atoms with E-state index in [1.54, 1.807) is 18.2 Å². The maximum atomic E-state index is 12.0. The van der Waals surface area contributed by atoms with E-state index in [2.05, 4.69) is 21.2 Å². The maximum Gasteiger partial charge on any atom is 0.324 e. The average Bonchev–Trinajstić information content (AvgIpc) is 2.89. The van der Waals surface area contributed by atoms with Crippen molar-refractivity contribution in [1.82, 2.24) is 0 Å². The Labute approximate surface area is 125 Å². The Morgan fingerprint density at radius 2 is 2.15 bits per heavy atom. The van der Waals surface area contributed by atoms with Gasteiger partial charge in [-0.1, -0.05) is 27.3 Å². The van der Waals surface area contributed by atoms with Gasteiger partial charge in [-0.2, -0.15) is 5.26 Å². The van der Waals surface area contributed by atoms with Crippen LogP contribution in [0.2, 0.25) is 0 Å². The fourth-order valence-corrected chi connectivity index (χ4v) is 2.53. The molecule has 0 aliphatic carbocycles. The monoisotopic (exact) mass is 351 g/mol. The molecule has 2 rings (SSSR count). The zero-order valence-corrected chi connectivity index (χ0v) is 12.2. The summed E-state index contributed by atoms with van der Waals surface area (Å²) in [7, 11) is 0. The molecule has 1 heterocycles. The molecular formula is C12H6BrN3O3S. The molecule has 0 spiro atoms. The molecule has 0 unspecified atom stereocenters. The van der Waals surface area contributed by atoms with Gasteiger partial charge in [0.1, 0.15) is 6.07 Å². The summed E-state index contributed by atoms with van der Waals surface area (Å²) in [6, 6.07) is 9.46. The number of benzene rings is 1. The molecule has 1 aromatic heterocycles. The summed E-state index contributed by atoms with van der Waals surface area (Å²) in [6.45, 7) is 0. The van der Waals surface area contributed by atoms with E-state index in [1.165, 1.54) is 12.1 Å². The predicted molar refractivity (Wildman–Crippen MR) is 77.8 cm³/mol. The van der Waals surface area contributed by atoms with Crippen molar-refractivity contribution in [3.8, 4) is 6.07 Å². The summed E-state index contributed by atoms with van der Waals surface area (Å²) in [4.78, 5) is 22.2. The molecule has 1 aromatic carbocycles. The first-order valence-electron chi connectivity index (χ1n) is 5.26. The molecule has 0 bridgehead atoms. The Balaban J connectivity index is 2.25. The summed E-state index contributed by atoms with van der Waals surface area (Å²) in [5, 5.41) is 22.0. The number of thiophene rings is 1. The fraction of sp³-hybridized carbons (Fsp3) is 0. The van der Waals surface area contributed by atoms with Gasteiger partial charge in [-0.3, -0.25) is 14.9 Å². The quantitative estimate of drug-likeness (QED) is 0.675. The Morgan fingerprint density at radius 3 is 2.75 bits per heavy atom. The van der Waals surface area contributed by atoms with Crippen LogP contribution >= 0.6 is 27.3 Å². The molecule has 20 heavy (non-hydrogen) atoms. The number of hydrogen-bond acceptors (Lipinski definition) is 5. The molecular weight excluding hydrogens is 346 g/mol. The number of hydrogen-bond donors (Lipinski definition) is 1. The van der Waals surface area contributed by atoms with E-state index in [-0.39, 0.29) is 9.88 Å². The number of amides is 1. The summed E-state index contributed by atoms with van der Waals surface area (Å²) in [5.41, 5.74) is 0.663. The lowest BCUT2D eigenvalue weighted by Gasteiger charge is -2.05. The zero-order chi connectivity index (χ0) is 14.7. The van der Waals surface area contributed by atoms with E-state index in [9.17, 15) is 14.9 Å². The van der Waals surface area contributed by atoms with E-state index >= 15 is 0 Å². The Hall–Kier alpha value is -2.24. The van der Waals surface area contributed by atoms with E-state index in [1.807, 2.05) is 6.07 Å². The molecule has 0 radical (unpaired) electrons. The van der Waals surface area contributed by atoms with Gasteiger partial charge in [0.25, 0.3) is 5.91 Å². The van der Waals surface area contributed by atoms with Crippen molar-refractivity contribution < 1.29 is 9.72 Å². The number of rotatable bonds is 3. The van der Waals surface area contributed by atoms with Crippen LogP contribution in [0.25, 0.3) is 0 Å². The third-order valence-electron chi connectivity index (χ3n) is 2.35. The third kappa shape index (κ3) is 3.01. The largest absolute Gasteiger partial charge is 0.324 e. The lowest BCUT2D eigenvalue weighted by Crippen LogP contribution is -2.11. The van der Waals surface area contributed by atoms with E-state index in [0.717, 1.165) is 11.3 Å². The minimum absolute atomic E-state index is 0.107. The summed E-state index contributed by atoms with van der Waals surface area (Å²) < 4.78 is 0.712. The van der Waals surface area contributed by atoms with Gasteiger partial charge < -0.3 is 5.32 Å². The van der Waals surface area contributed by atoms with Gasteiger partial charge in [0.15, 0.2) is 0 Å². The first-order chi connectivity index (χ1) is 9.51. The number of nitrogens with one attached hydrogen (secondary N) is 1. The Morgan fingerprint density at radius 1 is 1.40 bits per heavy atom. The van der Waals surface area contributed by atoms with Crippen LogP contribution in [-0.4, -0.2) is 10.8 Å². The summed E-state index contributed by atoms with van der Waals surface area (Å²) >= 11 is 4.03. The van der Waals surface area contributed by atoms with Crippen molar-refractivity contribution >= 4 is 43.9 Å². The summed E-state index contributed by atoms with van der Waals surface area (Å²) in [5.74, 6) is -0.488. The van der Waals surface area contributed by atoms with Crippen LogP contribution in [0.3, 0.4) is 0 Å². The number of anilines is 1. The number of nitriles is 1. The number of carbonyl (C=O) groups is 1. The molecule has 0 aliphatic rings. The lowest BCUT2D eigenvalue weighted by atomic mass is 10.2. The van der Waals surface area contributed by atoms with Crippen molar-refractivity contribution in [1.29, 1.82) is 5.26 Å². The van der Waals surface area contributed by atoms with Crippen molar-refractivity contribution in [2.45, 2.75) is 0 Å². The number of nitrogens with zero attached hydrogens (tertiary/aromatic N) is 2. The van der Waals surface area contributed by atoms with Crippen molar-refractivity contribution in [2.75, 3.05) is 5.32 Å². The molecule has 0 aliphatic heterocycles. The van der Waals surface area contributed by atoms with Crippen LogP contribution in [-0.2, 0) is 0 Å². The zero-order valence-electron chi connectivity index (χ0n) is 9.79. The second-order valence-corrected chi connectivity index (χ2v) is 5.63. The van der Waals surface area contributed by atoms with Crippen LogP contribution in [0.4, 0.5) is 10.7 Å². The molecule has 100 valence electrons. The molecule has 8 heteroatoms. The van der Waals surface area contributed by atoms with Crippen molar-refractivity contribution in [3.05, 3.63) is 55.4 Å². The van der Waals surface area contributed by atoms with E-state index in [4.69, 9.17) is 5.26 Å². The first-order valence-corrected chi connectivity index (χ1v) is 6.87. The van der Waals surface area contributed by atoms with Gasteiger partial charge >= 0.3 is 5.00 Å². The highest BCUT2D eigenvalue weighted by molar-refractivity contribution is 9.10. The molecule has 1 N–H and O–H groups in total. The third-order valence-corrected chi connectivity index (χ3v) is 3.87. The van der Waals surface area contributed by atoms with Gasteiger partial charge in [-0.15, -0.1) is 0 Å². The molecule has 2 aromatic rings. The standard InChI is InChI=1S/C12H6BrN3O3S/c13-8-2-1-7(6-14)9(5-8)15-12(17)10-3-4-11(20-10)16(18)19/h1-5H,(H,15,17). The SMILES string of the molecule is N#Cc1ccc(Br)cc1NC(=O)c1ccc([N+](=O)[O-])s1. The number of halogens is 1. The molecule has 0 saturated carbocycles. The smallest absolute Gasteiger partial charge is 0.320 e. The minimum Gasteiger partial charge on any atom is -0.320 e. The predicted octanol–water partition coefficient (Wildman–Crippen LogP) is 3.54. The van der Waals surface area contributed by atoms with Gasteiger partial charge in [-0.25, -0.2) is 0 Å². The first kappa shape index (κ1) is 14.2. The molecule has 0 saturated heterocycles. The van der Waals surface area contributed by atoms with Crippen LogP contribution in [0, 0.1) is 21.4 Å². The van der Waals surface area contributed by atoms with E-state index < -0.39 is 10.8 Å². The average molecular weight is 352 g/mol. The molecule has 6 nitrogen and oxygen atoms in total. The van der Waals surface area contributed by atoms with Crippen molar-refractivity contribution in [3.63, 3.8) is 0 Å². The Bertz CT molecular complexity index is 736. The fourth-order valence-electron chi connectivity index (χ4n) is 1.45. The highest BCUT2D eigenvalue weighted by Crippen LogP contribution is 2.26. The Kier molecular flexibility index (Phi) is 4.12. The van der Waals surface area contributed by atoms with Gasteiger partial charge in [-0.05, 0) is 24.3 Å². The summed E-state index contributed by atoms with van der Waals surface area (Å²) in [6.07, 6.45) is 0. The van der Waals surface area contributed by atoms with Gasteiger partial charge in [0, 0.05) is 10.5 Å². The number of nitro groups is 1. The van der Waals surface area contributed by atoms with Crippen molar-refractivity contribution in [2.24, 2.45) is 0 Å². The highest BCUT2D eigenvalue weighted by atomic mass is 79.9. The van der Waals surface area contributed by atoms with Crippen LogP contribution in [0.1, 0.15) is 15.2 Å².